The van der Waals surface area contributed by atoms with Crippen molar-refractivity contribution >= 4 is 12.2 Å². The van der Waals surface area contributed by atoms with Crippen molar-refractivity contribution in [3.8, 4) is 5.75 Å². The van der Waals surface area contributed by atoms with Crippen LogP contribution in [0.3, 0.4) is 0 Å². The fourth-order valence-electron chi connectivity index (χ4n) is 2.20. The number of anilines is 1. The summed E-state index contributed by atoms with van der Waals surface area (Å²) in [5.41, 5.74) is 6.20. The van der Waals surface area contributed by atoms with Crippen molar-refractivity contribution in [2.45, 2.75) is 39.3 Å². The van der Waals surface area contributed by atoms with Gasteiger partial charge in [-0.15, -0.1) is 13.2 Å². The highest BCUT2D eigenvalue weighted by Gasteiger charge is 2.32. The van der Waals surface area contributed by atoms with E-state index in [1.54, 1.807) is 0 Å². The topological polar surface area (TPSA) is 76.8 Å². The number of carbonyl (C=O) groups excluding carboxylic acids is 1. The number of nitrogens with zero attached hydrogens (tertiary/aromatic N) is 1. The quantitative estimate of drug-likeness (QED) is 0.620. The molecule has 0 saturated carbocycles. The molecular weight excluding hydrogens is 351 g/mol. The maximum Gasteiger partial charge on any atom is 0.573 e. The van der Waals surface area contributed by atoms with Crippen LogP contribution in [0.5, 0.6) is 5.75 Å². The van der Waals surface area contributed by atoms with Crippen LogP contribution in [0.1, 0.15) is 26.3 Å². The van der Waals surface area contributed by atoms with E-state index < -0.39 is 6.36 Å². The Labute approximate surface area is 151 Å². The van der Waals surface area contributed by atoms with Crippen LogP contribution in [-0.4, -0.2) is 49.5 Å². The lowest BCUT2D eigenvalue weighted by Gasteiger charge is -2.28. The van der Waals surface area contributed by atoms with Crippen LogP contribution in [0.25, 0.3) is 0 Å². The number of alkyl halides is 3. The minimum absolute atomic E-state index is 0.180. The number of nitrogens with two attached hydrogens (primary N) is 1. The summed E-state index contributed by atoms with van der Waals surface area (Å²) in [6.45, 7) is 9.57. The van der Waals surface area contributed by atoms with Crippen molar-refractivity contribution in [2.75, 3.05) is 31.9 Å². The summed E-state index contributed by atoms with van der Waals surface area (Å²) in [6.07, 6.45) is -4.69. The van der Waals surface area contributed by atoms with Gasteiger partial charge >= 0.3 is 6.36 Å². The zero-order valence-electron chi connectivity index (χ0n) is 15.2. The van der Waals surface area contributed by atoms with E-state index in [4.69, 9.17) is 5.73 Å². The van der Waals surface area contributed by atoms with Gasteiger partial charge in [0.25, 0.3) is 6.47 Å². The normalized spacial score (nSPS) is 15.6. The van der Waals surface area contributed by atoms with Gasteiger partial charge in [0.15, 0.2) is 0 Å². The summed E-state index contributed by atoms with van der Waals surface area (Å²) in [4.78, 5) is 11.7. The molecule has 2 rings (SSSR count). The van der Waals surface area contributed by atoms with Crippen molar-refractivity contribution in [3.63, 3.8) is 0 Å². The maximum absolute atomic E-state index is 12.3. The third kappa shape index (κ3) is 9.47. The molecule has 26 heavy (non-hydrogen) atoms. The van der Waals surface area contributed by atoms with Gasteiger partial charge in [-0.05, 0) is 39.0 Å². The number of benzene rings is 1. The highest BCUT2D eigenvalue weighted by Crippen LogP contribution is 2.29. The molecule has 0 amide bonds. The Balaban J connectivity index is 0.000000412. The second-order valence-corrected chi connectivity index (χ2v) is 6.77. The zero-order valence-corrected chi connectivity index (χ0v) is 15.2. The average Bonchev–Trinajstić information content (AvgIpc) is 2.49. The minimum atomic E-state index is -4.69. The Morgan fingerprint density at radius 3 is 2.31 bits per heavy atom. The second kappa shape index (κ2) is 9.63. The number of nitrogen functional groups attached to an aromatic ring is 1. The molecule has 1 fully saturated rings. The summed E-state index contributed by atoms with van der Waals surface area (Å²) < 4.78 is 45.6. The fraction of sp³-hybridized carbons (Fsp3) is 0.588. The van der Waals surface area contributed by atoms with Gasteiger partial charge < -0.3 is 20.5 Å². The number of rotatable bonds is 4. The zero-order chi connectivity index (χ0) is 19.8. The third-order valence-electron chi connectivity index (χ3n) is 3.32. The van der Waals surface area contributed by atoms with Crippen molar-refractivity contribution in [1.82, 2.24) is 10.2 Å². The van der Waals surface area contributed by atoms with Gasteiger partial charge in [0.05, 0.1) is 0 Å². The molecule has 0 aromatic heterocycles. The average molecular weight is 377 g/mol. The van der Waals surface area contributed by atoms with Gasteiger partial charge in [-0.3, -0.25) is 9.69 Å². The first-order valence-electron chi connectivity index (χ1n) is 8.19. The fourth-order valence-corrected chi connectivity index (χ4v) is 2.20. The predicted molar refractivity (Wildman–Crippen MR) is 92.6 cm³/mol. The van der Waals surface area contributed by atoms with Crippen LogP contribution < -0.4 is 15.8 Å². The molecule has 1 aromatic rings. The van der Waals surface area contributed by atoms with E-state index in [9.17, 15) is 18.0 Å². The van der Waals surface area contributed by atoms with E-state index in [0.717, 1.165) is 26.2 Å². The van der Waals surface area contributed by atoms with E-state index in [2.05, 4.69) is 19.7 Å². The van der Waals surface area contributed by atoms with E-state index in [1.165, 1.54) is 18.2 Å². The summed E-state index contributed by atoms with van der Waals surface area (Å²) in [5, 5.41) is 3.19. The lowest BCUT2D eigenvalue weighted by Crippen LogP contribution is -2.43. The van der Waals surface area contributed by atoms with Crippen LogP contribution in [0.15, 0.2) is 18.2 Å². The van der Waals surface area contributed by atoms with Crippen LogP contribution >= 0.6 is 0 Å². The molecule has 0 aliphatic carbocycles. The number of ether oxygens (including phenoxy) is 2. The Hall–Kier alpha value is -2.00. The molecule has 148 valence electrons. The van der Waals surface area contributed by atoms with Crippen LogP contribution in [0, 0.1) is 0 Å². The summed E-state index contributed by atoms with van der Waals surface area (Å²) in [5.74, 6) is -0.180. The Kier molecular flexibility index (Phi) is 8.16. The van der Waals surface area contributed by atoms with Crippen molar-refractivity contribution in [2.24, 2.45) is 0 Å². The first kappa shape index (κ1) is 22.0. The van der Waals surface area contributed by atoms with Crippen molar-refractivity contribution in [1.29, 1.82) is 0 Å². The molecule has 1 saturated heterocycles. The largest absolute Gasteiger partial charge is 0.573 e. The summed E-state index contributed by atoms with van der Waals surface area (Å²) >= 11 is 0. The molecule has 1 heterocycles. The Morgan fingerprint density at radius 2 is 1.85 bits per heavy atom. The van der Waals surface area contributed by atoms with Gasteiger partial charge in [-0.1, -0.05) is 0 Å². The number of carbonyl (C=O) groups is 1. The Bertz CT molecular complexity index is 569. The van der Waals surface area contributed by atoms with Gasteiger partial charge in [0, 0.05) is 44.0 Å². The number of nitrogens with one attached hydrogen (secondary N) is 1. The molecule has 1 aliphatic heterocycles. The van der Waals surface area contributed by atoms with E-state index in [0.29, 0.717) is 24.3 Å². The molecule has 0 unspecified atom stereocenters. The number of hydrogen-bond acceptors (Lipinski definition) is 6. The standard InChI is InChI=1S/C12H16F3N3O.C5H10O2/c13-12(14,15)19-11-2-1-10(16)7-9(11)8-18-5-3-17-4-6-18;1-5(2,3)7-4-6/h1-2,7,17H,3-6,8,16H2;4H,1-3H3. The molecule has 1 aliphatic rings. The summed E-state index contributed by atoms with van der Waals surface area (Å²) in [7, 11) is 0. The molecular formula is C17H26F3N3O3. The first-order chi connectivity index (χ1) is 12.0. The highest BCUT2D eigenvalue weighted by atomic mass is 19.4. The molecule has 0 radical (unpaired) electrons. The van der Waals surface area contributed by atoms with Gasteiger partial charge in [-0.25, -0.2) is 0 Å². The van der Waals surface area contributed by atoms with E-state index in [1.807, 2.05) is 20.8 Å². The molecule has 9 heteroatoms. The van der Waals surface area contributed by atoms with Crippen LogP contribution in [0.4, 0.5) is 18.9 Å². The molecule has 0 atom stereocenters. The lowest BCUT2D eigenvalue weighted by molar-refractivity contribution is -0.275. The van der Waals surface area contributed by atoms with Gasteiger partial charge in [-0.2, -0.15) is 0 Å². The number of halogens is 3. The van der Waals surface area contributed by atoms with Crippen molar-refractivity contribution in [3.05, 3.63) is 23.8 Å². The first-order valence-corrected chi connectivity index (χ1v) is 8.19. The number of hydrogen-bond donors (Lipinski definition) is 2. The molecule has 1 aromatic carbocycles. The highest BCUT2D eigenvalue weighted by molar-refractivity contribution is 5.48. The van der Waals surface area contributed by atoms with Gasteiger partial charge in [0.2, 0.25) is 0 Å². The smallest absolute Gasteiger partial charge is 0.462 e. The SMILES string of the molecule is CC(C)(C)OC=O.Nc1ccc(OC(F)(F)F)c(CN2CCNCC2)c1. The molecule has 0 spiro atoms. The molecule has 6 nitrogen and oxygen atoms in total. The minimum Gasteiger partial charge on any atom is -0.462 e. The van der Waals surface area contributed by atoms with Crippen molar-refractivity contribution < 1.29 is 27.4 Å². The monoisotopic (exact) mass is 377 g/mol. The van der Waals surface area contributed by atoms with Crippen LogP contribution in [0.2, 0.25) is 0 Å². The summed E-state index contributed by atoms with van der Waals surface area (Å²) in [6, 6.07) is 4.20. The molecule has 0 bridgehead atoms. The van der Waals surface area contributed by atoms with E-state index >= 15 is 0 Å². The van der Waals surface area contributed by atoms with Gasteiger partial charge in [0.1, 0.15) is 11.4 Å². The Morgan fingerprint density at radius 1 is 1.23 bits per heavy atom. The lowest BCUT2D eigenvalue weighted by atomic mass is 10.1. The molecule has 3 N–H and O–H groups in total. The second-order valence-electron chi connectivity index (χ2n) is 6.77. The third-order valence-corrected chi connectivity index (χ3v) is 3.32. The van der Waals surface area contributed by atoms with Crippen LogP contribution in [-0.2, 0) is 16.1 Å². The van der Waals surface area contributed by atoms with E-state index in [-0.39, 0.29) is 11.4 Å². The number of piperazine rings is 1. The predicted octanol–water partition coefficient (Wildman–Crippen LogP) is 2.53. The maximum atomic E-state index is 12.3.